The van der Waals surface area contributed by atoms with Crippen molar-refractivity contribution in [3.05, 3.63) is 74.2 Å². The van der Waals surface area contributed by atoms with Gasteiger partial charge in [-0.2, -0.15) is 0 Å². The zero-order valence-corrected chi connectivity index (χ0v) is 34.8. The molecule has 2 aliphatic carbocycles. The minimum Gasteiger partial charge on any atom is -0.399 e. The number of rotatable bonds is 16. The van der Waals surface area contributed by atoms with Crippen LogP contribution in [0.5, 0.6) is 0 Å². The first-order valence-corrected chi connectivity index (χ1v) is 19.3. The van der Waals surface area contributed by atoms with Gasteiger partial charge < -0.3 is 31.9 Å². The molecule has 49 heavy (non-hydrogen) atoms. The monoisotopic (exact) mass is 683 g/mol. The quantitative estimate of drug-likeness (QED) is 0.0825. The molecule has 0 aromatic heterocycles. The van der Waals surface area contributed by atoms with Crippen LogP contribution in [-0.4, -0.2) is 42.7 Å². The fraction of sp³-hybridized carbons (Fsp3) is 0.721. The van der Waals surface area contributed by atoms with Crippen molar-refractivity contribution in [2.75, 3.05) is 19.6 Å². The topological polar surface area (TPSA) is 77.4 Å². The molecular formula is C43H82N6. The van der Waals surface area contributed by atoms with E-state index in [9.17, 15) is 0 Å². The highest BCUT2D eigenvalue weighted by Crippen LogP contribution is 2.65. The molecule has 0 aromatic rings. The molecule has 3 fully saturated rings. The van der Waals surface area contributed by atoms with E-state index < -0.39 is 0 Å². The van der Waals surface area contributed by atoms with Gasteiger partial charge in [0.2, 0.25) is 0 Å². The average molecular weight is 683 g/mol. The number of piperidine rings is 1. The number of hydrogen-bond donors (Lipinski definition) is 5. The summed E-state index contributed by atoms with van der Waals surface area (Å²) in [5.41, 5.74) is 8.82. The summed E-state index contributed by atoms with van der Waals surface area (Å²) in [6, 6.07) is 0.586. The molecule has 1 heterocycles. The van der Waals surface area contributed by atoms with Crippen molar-refractivity contribution in [3.63, 3.8) is 0 Å². The summed E-state index contributed by atoms with van der Waals surface area (Å²) in [5.74, 6) is 4.52. The number of hydrogen-bond acceptors (Lipinski definition) is 6. The van der Waals surface area contributed by atoms with E-state index in [0.29, 0.717) is 29.0 Å². The van der Waals surface area contributed by atoms with Gasteiger partial charge >= 0.3 is 0 Å². The highest BCUT2D eigenvalue weighted by atomic mass is 15.3. The van der Waals surface area contributed by atoms with Crippen molar-refractivity contribution >= 4 is 0 Å². The number of nitrogens with zero attached hydrogens (tertiary/aromatic N) is 1. The summed E-state index contributed by atoms with van der Waals surface area (Å²) in [6.45, 7) is 58.0. The zero-order chi connectivity index (χ0) is 38.5. The van der Waals surface area contributed by atoms with Gasteiger partial charge in [-0.3, -0.25) is 0 Å². The minimum atomic E-state index is -0.0233. The number of allylic oxidation sites excluding steroid dienone is 1. The second kappa shape index (κ2) is 20.2. The van der Waals surface area contributed by atoms with Crippen LogP contribution in [0.3, 0.4) is 0 Å². The van der Waals surface area contributed by atoms with Crippen molar-refractivity contribution in [3.8, 4) is 0 Å². The molecule has 0 spiro atoms. The largest absolute Gasteiger partial charge is 0.399 e. The van der Waals surface area contributed by atoms with E-state index >= 15 is 0 Å². The zero-order valence-electron chi connectivity index (χ0n) is 34.8. The number of nitrogens with one attached hydrogen (secondary N) is 4. The van der Waals surface area contributed by atoms with Gasteiger partial charge in [0.05, 0.1) is 23.7 Å². The molecule has 1 saturated heterocycles. The van der Waals surface area contributed by atoms with Crippen LogP contribution in [0.1, 0.15) is 123 Å². The Balaban J connectivity index is 0.00000120. The lowest BCUT2D eigenvalue weighted by molar-refractivity contribution is 0.201. The van der Waals surface area contributed by atoms with E-state index in [-0.39, 0.29) is 22.9 Å². The van der Waals surface area contributed by atoms with Crippen molar-refractivity contribution in [2.45, 2.75) is 141 Å². The number of likely N-dealkylation sites (tertiary alicyclic amines) is 1. The first kappa shape index (κ1) is 46.2. The highest BCUT2D eigenvalue weighted by Gasteiger charge is 2.66. The molecule has 6 heteroatoms. The molecule has 2 saturated carbocycles. The Labute approximate surface area is 305 Å². The molecule has 0 radical (unpaired) electrons. The van der Waals surface area contributed by atoms with E-state index in [0.717, 1.165) is 54.4 Å². The van der Waals surface area contributed by atoms with Gasteiger partial charge in [0, 0.05) is 37.1 Å². The molecular weight excluding hydrogens is 601 g/mol. The standard InChI is InChI=1S/C28H51N5.C11H19N.2C2H6/c1-14-22-24-21(28(24,12)13)17-33(22)18(3)25(27(9,10)11)32-20(5)31-23(26(6,7)8)16-30-19(4)29-15-2;1-8(9(2)10(3)12)7-11-5-4-6-11;2*1-2/h14,21-25,29-32H,1,3-5,15-17H2,2,6-13H3;8,11H,2-7,12H2,1H3;2*1-2H3/t21-,22?,23?,24-,25?;;;/m0.../s1. The van der Waals surface area contributed by atoms with Crippen LogP contribution in [-0.2, 0) is 0 Å². The minimum absolute atomic E-state index is 0.0233. The van der Waals surface area contributed by atoms with Crippen molar-refractivity contribution < 1.29 is 0 Å². The summed E-state index contributed by atoms with van der Waals surface area (Å²) in [6.07, 6.45) is 7.57. The molecule has 0 amide bonds. The molecule has 3 rings (SSSR count). The lowest BCUT2D eigenvalue weighted by Crippen LogP contribution is -2.53. The molecule has 6 nitrogen and oxygen atoms in total. The van der Waals surface area contributed by atoms with E-state index in [4.69, 9.17) is 5.73 Å². The van der Waals surface area contributed by atoms with Crippen LogP contribution < -0.4 is 27.0 Å². The van der Waals surface area contributed by atoms with Crippen molar-refractivity contribution in [2.24, 2.45) is 45.7 Å². The van der Waals surface area contributed by atoms with Crippen LogP contribution in [0.15, 0.2) is 74.2 Å². The fourth-order valence-corrected chi connectivity index (χ4v) is 7.08. The third-order valence-electron chi connectivity index (χ3n) is 10.6. The average Bonchev–Trinajstić information content (AvgIpc) is 3.32. The summed E-state index contributed by atoms with van der Waals surface area (Å²) in [7, 11) is 0. The lowest BCUT2D eigenvalue weighted by atomic mass is 9.77. The lowest BCUT2D eigenvalue weighted by Gasteiger charge is -2.42. The third kappa shape index (κ3) is 13.5. The molecule has 4 unspecified atom stereocenters. The molecule has 284 valence electrons. The van der Waals surface area contributed by atoms with Gasteiger partial charge in [-0.1, -0.05) is 148 Å². The second-order valence-electron chi connectivity index (χ2n) is 16.7. The first-order valence-electron chi connectivity index (χ1n) is 19.3. The van der Waals surface area contributed by atoms with Gasteiger partial charge in [-0.05, 0) is 58.8 Å². The summed E-state index contributed by atoms with van der Waals surface area (Å²) >= 11 is 0. The van der Waals surface area contributed by atoms with E-state index in [1.807, 2.05) is 27.7 Å². The normalized spacial score (nSPS) is 22.2. The maximum atomic E-state index is 5.58. The van der Waals surface area contributed by atoms with Crippen molar-refractivity contribution in [1.29, 1.82) is 0 Å². The van der Waals surface area contributed by atoms with E-state index in [1.165, 1.54) is 25.7 Å². The van der Waals surface area contributed by atoms with Crippen LogP contribution in [0, 0.1) is 39.9 Å². The van der Waals surface area contributed by atoms with E-state index in [1.54, 1.807) is 0 Å². The van der Waals surface area contributed by atoms with Gasteiger partial charge in [0.15, 0.2) is 0 Å². The van der Waals surface area contributed by atoms with Crippen LogP contribution >= 0.6 is 0 Å². The summed E-state index contributed by atoms with van der Waals surface area (Å²) in [5, 5.41) is 14.0. The van der Waals surface area contributed by atoms with Gasteiger partial charge in [-0.25, -0.2) is 0 Å². The smallest absolute Gasteiger partial charge is 0.0920 e. The van der Waals surface area contributed by atoms with Crippen molar-refractivity contribution in [1.82, 2.24) is 26.2 Å². The van der Waals surface area contributed by atoms with Crippen LogP contribution in [0.25, 0.3) is 0 Å². The van der Waals surface area contributed by atoms with Gasteiger partial charge in [-0.15, -0.1) is 6.58 Å². The Kier molecular flexibility index (Phi) is 19.0. The maximum absolute atomic E-state index is 5.58. The molecule has 6 N–H and O–H groups in total. The predicted octanol–water partition coefficient (Wildman–Crippen LogP) is 9.69. The highest BCUT2D eigenvalue weighted by molar-refractivity contribution is 5.27. The summed E-state index contributed by atoms with van der Waals surface area (Å²) < 4.78 is 0. The maximum Gasteiger partial charge on any atom is 0.0920 e. The SMILES string of the molecule is C=C(N)C(=C)C(C)CC1CCC1.C=CC1[C@@H]2[C@H](CN1C(=C)C(NC(=C)NC(CNC(=C)NCC)C(C)(C)C)C(C)(C)C)C2(C)C.CC.CC. The van der Waals surface area contributed by atoms with Crippen LogP contribution in [0.4, 0.5) is 0 Å². The molecule has 6 atom stereocenters. The molecule has 0 bridgehead atoms. The van der Waals surface area contributed by atoms with E-state index in [2.05, 4.69) is 141 Å². The van der Waals surface area contributed by atoms with Gasteiger partial charge in [0.25, 0.3) is 0 Å². The number of fused-ring (bicyclic) bond motifs is 1. The number of nitrogens with two attached hydrogens (primary N) is 1. The Hall–Kier alpha value is -2.76. The first-order chi connectivity index (χ1) is 22.7. The van der Waals surface area contributed by atoms with Gasteiger partial charge in [0.1, 0.15) is 0 Å². The molecule has 3 aliphatic rings. The molecule has 1 aliphatic heterocycles. The fourth-order valence-electron chi connectivity index (χ4n) is 7.08. The van der Waals surface area contributed by atoms with Crippen LogP contribution in [0.2, 0.25) is 0 Å². The summed E-state index contributed by atoms with van der Waals surface area (Å²) in [4.78, 5) is 2.48. The predicted molar refractivity (Wildman–Crippen MR) is 220 cm³/mol. The Morgan fingerprint density at radius 2 is 1.45 bits per heavy atom. The Morgan fingerprint density at radius 1 is 0.898 bits per heavy atom. The Morgan fingerprint density at radius 3 is 1.86 bits per heavy atom. The second-order valence-corrected chi connectivity index (χ2v) is 16.7. The Bertz CT molecular complexity index is 1080. The third-order valence-corrected chi connectivity index (χ3v) is 10.6. The molecule has 0 aromatic carbocycles.